The number of rotatable bonds is 6. The van der Waals surface area contributed by atoms with Gasteiger partial charge in [-0.15, -0.1) is 0 Å². The zero-order valence-corrected chi connectivity index (χ0v) is 24.9. The molecule has 1 saturated heterocycles. The van der Waals surface area contributed by atoms with Gasteiger partial charge in [0.05, 0.1) is 17.8 Å². The second-order valence-electron chi connectivity index (χ2n) is 10.9. The second-order valence-corrected chi connectivity index (χ2v) is 11.3. The van der Waals surface area contributed by atoms with E-state index in [1.807, 2.05) is 48.7 Å². The largest absolute Gasteiger partial charge is 0.457 e. The minimum absolute atomic E-state index is 0.0913. The van der Waals surface area contributed by atoms with Gasteiger partial charge in [0.25, 0.3) is 0 Å². The van der Waals surface area contributed by atoms with Gasteiger partial charge in [-0.3, -0.25) is 4.98 Å². The molecule has 0 aliphatic carbocycles. The molecule has 0 amide bonds. The smallest absolute Gasteiger partial charge is 0.174 e. The third-order valence-electron chi connectivity index (χ3n) is 7.79. The van der Waals surface area contributed by atoms with E-state index in [2.05, 4.69) is 97.9 Å². The standard InChI is InChI=1S/C35H34N4OS/c1-22-18-23(2)20-28(19-22)38-25(4)21-30(26(38)5)34-33(31-11-8-9-17-36-31)37-35(41)39(34)27-13-15-29(16-14-27)40-32-12-7-6-10-24(32)3/h6-21,33-34H,1-5H3,(H,37,41)/t33-,34+/m1/s1. The minimum atomic E-state index is -0.111. The maximum atomic E-state index is 6.18. The molecule has 1 aliphatic rings. The van der Waals surface area contributed by atoms with Gasteiger partial charge < -0.3 is 19.5 Å². The summed E-state index contributed by atoms with van der Waals surface area (Å²) in [6.45, 7) is 10.7. The molecule has 0 saturated carbocycles. The highest BCUT2D eigenvalue weighted by Gasteiger charge is 2.42. The van der Waals surface area contributed by atoms with Crippen LogP contribution in [-0.4, -0.2) is 14.7 Å². The molecule has 3 heterocycles. The molecule has 41 heavy (non-hydrogen) atoms. The van der Waals surface area contributed by atoms with Crippen LogP contribution in [0, 0.1) is 34.6 Å². The molecular formula is C35H34N4OS. The first-order valence-electron chi connectivity index (χ1n) is 13.9. The van der Waals surface area contributed by atoms with Crippen molar-refractivity contribution in [3.8, 4) is 17.2 Å². The van der Waals surface area contributed by atoms with Crippen LogP contribution >= 0.6 is 12.2 Å². The van der Waals surface area contributed by atoms with Crippen LogP contribution in [0.15, 0.2) is 97.2 Å². The van der Waals surface area contributed by atoms with Crippen LogP contribution in [0.4, 0.5) is 5.69 Å². The van der Waals surface area contributed by atoms with Crippen molar-refractivity contribution in [2.24, 2.45) is 0 Å². The molecule has 5 nitrogen and oxygen atoms in total. The van der Waals surface area contributed by atoms with Crippen molar-refractivity contribution in [3.63, 3.8) is 0 Å². The number of para-hydroxylation sites is 1. The molecule has 0 spiro atoms. The van der Waals surface area contributed by atoms with Crippen molar-refractivity contribution in [1.29, 1.82) is 0 Å². The van der Waals surface area contributed by atoms with Gasteiger partial charge in [-0.05, 0) is 130 Å². The minimum Gasteiger partial charge on any atom is -0.457 e. The SMILES string of the molecule is Cc1cc(C)cc(-n2c(C)cc([C@H]3[C@@H](c4ccccn4)NC(=S)N3c3ccc(Oc4ccccc4C)cc3)c2C)c1. The lowest BCUT2D eigenvalue weighted by Gasteiger charge is -2.28. The van der Waals surface area contributed by atoms with Crippen molar-refractivity contribution >= 4 is 23.0 Å². The summed E-state index contributed by atoms with van der Waals surface area (Å²) in [5.74, 6) is 1.64. The lowest BCUT2D eigenvalue weighted by atomic mass is 9.96. The number of ether oxygens (including phenoxy) is 1. The summed E-state index contributed by atoms with van der Waals surface area (Å²) >= 11 is 5.99. The summed E-state index contributed by atoms with van der Waals surface area (Å²) in [6, 6.07) is 31.1. The highest BCUT2D eigenvalue weighted by molar-refractivity contribution is 7.80. The van der Waals surface area contributed by atoms with E-state index in [1.54, 1.807) is 0 Å². The summed E-state index contributed by atoms with van der Waals surface area (Å²) < 4.78 is 8.53. The molecule has 3 aromatic carbocycles. The molecule has 0 radical (unpaired) electrons. The fourth-order valence-electron chi connectivity index (χ4n) is 5.99. The monoisotopic (exact) mass is 558 g/mol. The summed E-state index contributed by atoms with van der Waals surface area (Å²) in [7, 11) is 0. The second kappa shape index (κ2) is 10.9. The summed E-state index contributed by atoms with van der Waals surface area (Å²) in [6.07, 6.45) is 1.84. The third-order valence-corrected chi connectivity index (χ3v) is 8.10. The Balaban J connectivity index is 1.42. The number of aryl methyl sites for hydroxylation is 4. The lowest BCUT2D eigenvalue weighted by molar-refractivity contribution is 0.479. The van der Waals surface area contributed by atoms with E-state index < -0.39 is 0 Å². The van der Waals surface area contributed by atoms with Crippen LogP contribution in [-0.2, 0) is 0 Å². The van der Waals surface area contributed by atoms with Crippen molar-refractivity contribution < 1.29 is 4.74 Å². The Morgan fingerprint density at radius 1 is 0.780 bits per heavy atom. The van der Waals surface area contributed by atoms with Crippen LogP contribution in [0.5, 0.6) is 11.5 Å². The molecule has 6 heteroatoms. The summed E-state index contributed by atoms with van der Waals surface area (Å²) in [5.41, 5.74) is 10.3. The first-order chi connectivity index (χ1) is 19.8. The highest BCUT2D eigenvalue weighted by Crippen LogP contribution is 2.44. The van der Waals surface area contributed by atoms with Crippen LogP contribution in [0.1, 0.15) is 51.4 Å². The number of hydrogen-bond acceptors (Lipinski definition) is 3. The molecule has 5 aromatic rings. The van der Waals surface area contributed by atoms with Crippen LogP contribution in [0.25, 0.3) is 5.69 Å². The number of aromatic nitrogens is 2. The third kappa shape index (κ3) is 5.11. The van der Waals surface area contributed by atoms with E-state index in [4.69, 9.17) is 21.9 Å². The molecule has 1 fully saturated rings. The Kier molecular flexibility index (Phi) is 7.10. The quantitative estimate of drug-likeness (QED) is 0.212. The van der Waals surface area contributed by atoms with Crippen LogP contribution < -0.4 is 15.0 Å². The zero-order chi connectivity index (χ0) is 28.7. The normalized spacial score (nSPS) is 16.6. The molecule has 0 bridgehead atoms. The van der Waals surface area contributed by atoms with E-state index in [0.717, 1.165) is 28.4 Å². The van der Waals surface area contributed by atoms with Gasteiger partial charge in [0.15, 0.2) is 5.11 Å². The van der Waals surface area contributed by atoms with E-state index in [0.29, 0.717) is 5.11 Å². The molecule has 2 atom stereocenters. The van der Waals surface area contributed by atoms with Crippen molar-refractivity contribution in [2.45, 2.75) is 46.7 Å². The molecular weight excluding hydrogens is 524 g/mol. The van der Waals surface area contributed by atoms with E-state index in [-0.39, 0.29) is 12.1 Å². The van der Waals surface area contributed by atoms with Crippen molar-refractivity contribution in [1.82, 2.24) is 14.9 Å². The predicted octanol–water partition coefficient (Wildman–Crippen LogP) is 8.38. The van der Waals surface area contributed by atoms with E-state index in [1.165, 1.54) is 33.8 Å². The van der Waals surface area contributed by atoms with Crippen LogP contribution in [0.3, 0.4) is 0 Å². The number of benzene rings is 3. The van der Waals surface area contributed by atoms with Crippen molar-refractivity contribution in [2.75, 3.05) is 4.90 Å². The Morgan fingerprint density at radius 3 is 2.17 bits per heavy atom. The predicted molar refractivity (Wildman–Crippen MR) is 170 cm³/mol. The number of nitrogens with zero attached hydrogens (tertiary/aromatic N) is 3. The van der Waals surface area contributed by atoms with Gasteiger partial charge in [-0.2, -0.15) is 0 Å². The van der Waals surface area contributed by atoms with E-state index >= 15 is 0 Å². The maximum Gasteiger partial charge on any atom is 0.174 e. The molecule has 206 valence electrons. The topological polar surface area (TPSA) is 42.3 Å². The summed E-state index contributed by atoms with van der Waals surface area (Å²) in [5, 5.41) is 4.27. The van der Waals surface area contributed by atoms with Gasteiger partial charge >= 0.3 is 0 Å². The van der Waals surface area contributed by atoms with Gasteiger partial charge in [0.1, 0.15) is 11.5 Å². The van der Waals surface area contributed by atoms with E-state index in [9.17, 15) is 0 Å². The van der Waals surface area contributed by atoms with Gasteiger partial charge in [-0.1, -0.05) is 30.3 Å². The zero-order valence-electron chi connectivity index (χ0n) is 24.1. The number of pyridine rings is 1. The number of nitrogens with one attached hydrogen (secondary N) is 1. The van der Waals surface area contributed by atoms with Gasteiger partial charge in [0, 0.05) is 29.0 Å². The first kappa shape index (κ1) is 26.8. The number of thiocarbonyl (C=S) groups is 1. The Bertz CT molecular complexity index is 1710. The average Bonchev–Trinajstić information content (AvgIpc) is 3.45. The number of anilines is 1. The molecule has 6 rings (SSSR count). The number of hydrogen-bond donors (Lipinski definition) is 1. The fourth-order valence-corrected chi connectivity index (χ4v) is 6.33. The molecule has 1 aliphatic heterocycles. The molecule has 2 aromatic heterocycles. The summed E-state index contributed by atoms with van der Waals surface area (Å²) in [4.78, 5) is 6.95. The van der Waals surface area contributed by atoms with Gasteiger partial charge in [-0.25, -0.2) is 0 Å². The fraction of sp³-hybridized carbons (Fsp3) is 0.200. The maximum absolute atomic E-state index is 6.18. The lowest BCUT2D eigenvalue weighted by Crippen LogP contribution is -2.29. The average molecular weight is 559 g/mol. The van der Waals surface area contributed by atoms with Gasteiger partial charge in [0.2, 0.25) is 0 Å². The van der Waals surface area contributed by atoms with Crippen LogP contribution in [0.2, 0.25) is 0 Å². The Labute approximate surface area is 247 Å². The molecule has 0 unspecified atom stereocenters. The first-order valence-corrected chi connectivity index (χ1v) is 14.3. The van der Waals surface area contributed by atoms with Crippen molar-refractivity contribution in [3.05, 3.63) is 137 Å². The molecule has 1 N–H and O–H groups in total. The Morgan fingerprint density at radius 2 is 1.49 bits per heavy atom. The Hall–Kier alpha value is -4.42. The highest BCUT2D eigenvalue weighted by atomic mass is 32.1.